The van der Waals surface area contributed by atoms with Gasteiger partial charge in [-0.05, 0) is 35.9 Å². The molecule has 0 saturated heterocycles. The van der Waals surface area contributed by atoms with Crippen LogP contribution in [0, 0.1) is 5.82 Å². The van der Waals surface area contributed by atoms with Crippen LogP contribution in [0.15, 0.2) is 47.4 Å². The second-order valence-electron chi connectivity index (χ2n) is 4.62. The van der Waals surface area contributed by atoms with Crippen molar-refractivity contribution in [1.82, 2.24) is 4.31 Å². The summed E-state index contributed by atoms with van der Waals surface area (Å²) in [5.41, 5.74) is 6.36. The van der Waals surface area contributed by atoms with Gasteiger partial charge in [-0.1, -0.05) is 12.1 Å². The molecule has 0 aliphatic carbocycles. The van der Waals surface area contributed by atoms with Crippen molar-refractivity contribution in [3.8, 4) is 5.75 Å². The lowest BCUT2D eigenvalue weighted by Crippen LogP contribution is -2.27. The smallest absolute Gasteiger partial charge is 0.246 e. The molecule has 7 heteroatoms. The third kappa shape index (κ3) is 3.32. The van der Waals surface area contributed by atoms with Crippen molar-refractivity contribution in [2.75, 3.05) is 12.8 Å². The molecule has 0 bridgehead atoms. The van der Waals surface area contributed by atoms with Gasteiger partial charge in [0.25, 0.3) is 0 Å². The summed E-state index contributed by atoms with van der Waals surface area (Å²) in [5.74, 6) is -0.757. The van der Waals surface area contributed by atoms with Crippen molar-refractivity contribution in [1.29, 1.82) is 0 Å². The summed E-state index contributed by atoms with van der Waals surface area (Å²) in [6.45, 7) is 0.0524. The third-order valence-electron chi connectivity index (χ3n) is 2.99. The molecule has 5 nitrogen and oxygen atoms in total. The van der Waals surface area contributed by atoms with Gasteiger partial charge in [0.1, 0.15) is 16.5 Å². The van der Waals surface area contributed by atoms with E-state index in [4.69, 9.17) is 5.73 Å². The fourth-order valence-electron chi connectivity index (χ4n) is 1.83. The molecule has 112 valence electrons. The van der Waals surface area contributed by atoms with Gasteiger partial charge in [0, 0.05) is 19.3 Å². The average molecular weight is 310 g/mol. The molecule has 21 heavy (non-hydrogen) atoms. The molecule has 0 amide bonds. The molecule has 2 rings (SSSR count). The first-order chi connectivity index (χ1) is 9.80. The van der Waals surface area contributed by atoms with E-state index in [0.29, 0.717) is 5.56 Å². The van der Waals surface area contributed by atoms with E-state index in [1.807, 2.05) is 0 Å². The molecule has 2 aromatic carbocycles. The maximum atomic E-state index is 13.7. The number of hydrogen-bond acceptors (Lipinski definition) is 4. The normalized spacial score (nSPS) is 11.8. The van der Waals surface area contributed by atoms with E-state index in [1.54, 1.807) is 12.1 Å². The van der Waals surface area contributed by atoms with Crippen molar-refractivity contribution >= 4 is 15.7 Å². The third-order valence-corrected chi connectivity index (χ3v) is 4.80. The maximum Gasteiger partial charge on any atom is 0.246 e. The highest BCUT2D eigenvalue weighted by Crippen LogP contribution is 2.22. The van der Waals surface area contributed by atoms with Crippen LogP contribution in [0.1, 0.15) is 5.56 Å². The molecule has 0 aliphatic rings. The van der Waals surface area contributed by atoms with Crippen LogP contribution in [0.5, 0.6) is 5.75 Å². The van der Waals surface area contributed by atoms with E-state index in [2.05, 4.69) is 0 Å². The number of nitrogens with zero attached hydrogens (tertiary/aromatic N) is 1. The van der Waals surface area contributed by atoms with Crippen molar-refractivity contribution in [2.45, 2.75) is 11.4 Å². The summed E-state index contributed by atoms with van der Waals surface area (Å²) in [7, 11) is -2.63. The molecule has 2 aromatic rings. The summed E-state index contributed by atoms with van der Waals surface area (Å²) in [5, 5.41) is 9.20. The molecule has 0 atom stereocenters. The van der Waals surface area contributed by atoms with Gasteiger partial charge in [-0.25, -0.2) is 12.8 Å². The molecule has 0 heterocycles. The molecular formula is C14H15FN2O3S. The Balaban J connectivity index is 2.30. The van der Waals surface area contributed by atoms with Crippen LogP contribution < -0.4 is 5.73 Å². The van der Waals surface area contributed by atoms with Crippen LogP contribution in [0.2, 0.25) is 0 Å². The Hall–Kier alpha value is -2.12. The number of hydrogen-bond donors (Lipinski definition) is 2. The summed E-state index contributed by atoms with van der Waals surface area (Å²) in [6, 6.07) is 9.52. The van der Waals surface area contributed by atoms with Crippen LogP contribution >= 0.6 is 0 Å². The van der Waals surface area contributed by atoms with E-state index >= 15 is 0 Å². The van der Waals surface area contributed by atoms with Crippen molar-refractivity contribution in [3.05, 3.63) is 53.8 Å². The zero-order valence-corrected chi connectivity index (χ0v) is 12.1. The topological polar surface area (TPSA) is 83.6 Å². The van der Waals surface area contributed by atoms with E-state index in [1.165, 1.54) is 25.2 Å². The predicted octanol–water partition coefficient (Wildman–Crippen LogP) is 1.93. The Kier molecular flexibility index (Phi) is 4.15. The molecule has 0 aromatic heterocycles. The number of halogens is 1. The molecular weight excluding hydrogens is 295 g/mol. The zero-order valence-electron chi connectivity index (χ0n) is 11.3. The number of aromatic hydroxyl groups is 1. The fraction of sp³-hybridized carbons (Fsp3) is 0.143. The molecule has 0 unspecified atom stereocenters. The van der Waals surface area contributed by atoms with Crippen LogP contribution in [0.3, 0.4) is 0 Å². The Morgan fingerprint density at radius 3 is 2.43 bits per heavy atom. The van der Waals surface area contributed by atoms with Gasteiger partial charge in [0.15, 0.2) is 0 Å². The van der Waals surface area contributed by atoms with Gasteiger partial charge in [0.2, 0.25) is 10.0 Å². The quantitative estimate of drug-likeness (QED) is 0.845. The SMILES string of the molecule is CN(Cc1ccc(O)cc1)S(=O)(=O)c1cc(N)ccc1F. The standard InChI is InChI=1S/C14H15FN2O3S/c1-17(9-10-2-5-12(18)6-3-10)21(19,20)14-8-11(16)4-7-13(14)15/h2-8,18H,9,16H2,1H3. The highest BCUT2D eigenvalue weighted by Gasteiger charge is 2.24. The van der Waals surface area contributed by atoms with Crippen LogP contribution in [0.4, 0.5) is 10.1 Å². The molecule has 0 fully saturated rings. The molecule has 3 N–H and O–H groups in total. The summed E-state index contributed by atoms with van der Waals surface area (Å²) < 4.78 is 39.5. The van der Waals surface area contributed by atoms with Gasteiger partial charge in [-0.15, -0.1) is 0 Å². The van der Waals surface area contributed by atoms with Gasteiger partial charge in [-0.2, -0.15) is 4.31 Å². The zero-order chi connectivity index (χ0) is 15.6. The van der Waals surface area contributed by atoms with Crippen molar-refractivity contribution in [3.63, 3.8) is 0 Å². The van der Waals surface area contributed by atoms with Gasteiger partial charge in [0.05, 0.1) is 0 Å². The molecule has 0 radical (unpaired) electrons. The van der Waals surface area contributed by atoms with E-state index in [0.717, 1.165) is 16.4 Å². The summed E-state index contributed by atoms with van der Waals surface area (Å²) >= 11 is 0. The first-order valence-corrected chi connectivity index (χ1v) is 7.54. The number of nitrogen functional groups attached to an aromatic ring is 1. The van der Waals surface area contributed by atoms with Gasteiger partial charge in [-0.3, -0.25) is 0 Å². The van der Waals surface area contributed by atoms with E-state index in [9.17, 15) is 17.9 Å². The highest BCUT2D eigenvalue weighted by atomic mass is 32.2. The number of phenols is 1. The minimum absolute atomic E-state index is 0.0524. The van der Waals surface area contributed by atoms with Crippen LogP contribution in [0.25, 0.3) is 0 Å². The molecule has 0 spiro atoms. The Morgan fingerprint density at radius 1 is 1.19 bits per heavy atom. The second-order valence-corrected chi connectivity index (χ2v) is 6.63. The number of benzene rings is 2. The highest BCUT2D eigenvalue weighted by molar-refractivity contribution is 7.89. The summed E-state index contributed by atoms with van der Waals surface area (Å²) in [6.07, 6.45) is 0. The number of nitrogens with two attached hydrogens (primary N) is 1. The first-order valence-electron chi connectivity index (χ1n) is 6.10. The van der Waals surface area contributed by atoms with E-state index < -0.39 is 20.7 Å². The van der Waals surface area contributed by atoms with Crippen molar-refractivity contribution < 1.29 is 17.9 Å². The Labute approximate surface area is 122 Å². The van der Waals surface area contributed by atoms with E-state index in [-0.39, 0.29) is 18.0 Å². The van der Waals surface area contributed by atoms with Crippen LogP contribution in [-0.4, -0.2) is 24.9 Å². The minimum atomic E-state index is -3.98. The monoisotopic (exact) mass is 310 g/mol. The maximum absolute atomic E-state index is 13.7. The lowest BCUT2D eigenvalue weighted by Gasteiger charge is -2.18. The second kappa shape index (κ2) is 5.71. The number of phenolic OH excluding ortho intramolecular Hbond substituents is 1. The summed E-state index contributed by atoms with van der Waals surface area (Å²) in [4.78, 5) is -0.455. The average Bonchev–Trinajstić information content (AvgIpc) is 2.43. The fourth-order valence-corrected chi connectivity index (χ4v) is 3.08. The van der Waals surface area contributed by atoms with Gasteiger partial charge < -0.3 is 10.8 Å². The number of sulfonamides is 1. The van der Waals surface area contributed by atoms with Crippen molar-refractivity contribution in [2.24, 2.45) is 0 Å². The Morgan fingerprint density at radius 2 is 1.81 bits per heavy atom. The largest absolute Gasteiger partial charge is 0.508 e. The molecule has 0 saturated carbocycles. The van der Waals surface area contributed by atoms with Crippen LogP contribution in [-0.2, 0) is 16.6 Å². The predicted molar refractivity (Wildman–Crippen MR) is 77.6 cm³/mol. The number of rotatable bonds is 4. The van der Waals surface area contributed by atoms with Gasteiger partial charge >= 0.3 is 0 Å². The lowest BCUT2D eigenvalue weighted by molar-refractivity contribution is 0.458. The number of anilines is 1. The first kappa shape index (κ1) is 15.3. The lowest BCUT2D eigenvalue weighted by atomic mass is 10.2. The minimum Gasteiger partial charge on any atom is -0.508 e. The molecule has 0 aliphatic heterocycles. The Bertz CT molecular complexity index is 745.